The van der Waals surface area contributed by atoms with Crippen LogP contribution in [0.1, 0.15) is 18.6 Å². The van der Waals surface area contributed by atoms with Gasteiger partial charge in [0.05, 0.1) is 12.8 Å². The molecule has 30 heavy (non-hydrogen) atoms. The van der Waals surface area contributed by atoms with Crippen molar-refractivity contribution in [2.24, 2.45) is 10.2 Å². The fourth-order valence-electron chi connectivity index (χ4n) is 3.06. The number of anilines is 1. The predicted octanol–water partition coefficient (Wildman–Crippen LogP) is 5.51. The van der Waals surface area contributed by atoms with Gasteiger partial charge in [-0.05, 0) is 48.6 Å². The summed E-state index contributed by atoms with van der Waals surface area (Å²) < 4.78 is 38.8. The van der Waals surface area contributed by atoms with Gasteiger partial charge in [-0.25, -0.2) is 0 Å². The molecule has 0 saturated carbocycles. The molecule has 3 aromatic rings. The van der Waals surface area contributed by atoms with E-state index in [2.05, 4.69) is 15.5 Å². The fourth-order valence-corrected chi connectivity index (χ4v) is 3.71. The van der Waals surface area contributed by atoms with Crippen LogP contribution < -0.4 is 10.1 Å². The molecule has 0 radical (unpaired) electrons. The van der Waals surface area contributed by atoms with Gasteiger partial charge in [0.2, 0.25) is 0 Å². The molecule has 0 aromatic heterocycles. The summed E-state index contributed by atoms with van der Waals surface area (Å²) in [6.07, 6.45) is 0. The van der Waals surface area contributed by atoms with Crippen LogP contribution in [0.4, 0.5) is 17.1 Å². The molecule has 8 nitrogen and oxygen atoms in total. The summed E-state index contributed by atoms with van der Waals surface area (Å²) in [4.78, 5) is -0.528. The molecule has 3 N–H and O–H groups in total. The van der Waals surface area contributed by atoms with Crippen LogP contribution in [0.2, 0.25) is 0 Å². The van der Waals surface area contributed by atoms with E-state index in [-0.39, 0.29) is 13.1 Å². The van der Waals surface area contributed by atoms with Gasteiger partial charge in [-0.15, -0.1) is 10.2 Å². The number of nitrogens with zero attached hydrogens (tertiary/aromatic N) is 2. The van der Waals surface area contributed by atoms with Gasteiger partial charge < -0.3 is 15.2 Å². The first-order chi connectivity index (χ1) is 13.7. The highest BCUT2D eigenvalue weighted by atomic mass is 32.2. The van der Waals surface area contributed by atoms with Crippen molar-refractivity contribution in [3.8, 4) is 11.5 Å². The van der Waals surface area contributed by atoms with Gasteiger partial charge in [-0.2, -0.15) is 8.42 Å². The number of nitrogens with one attached hydrogen (secondary N) is 1. The van der Waals surface area contributed by atoms with E-state index in [0.29, 0.717) is 27.9 Å². The number of hydrogen-bond acceptors (Lipinski definition) is 7. The summed E-state index contributed by atoms with van der Waals surface area (Å²) >= 11 is 0. The second-order valence-corrected chi connectivity index (χ2v) is 7.95. The summed E-state index contributed by atoms with van der Waals surface area (Å²) in [7, 11) is -1.47. The first kappa shape index (κ1) is 23.1. The number of hydrogen-bond donors (Lipinski definition) is 3. The minimum atomic E-state index is -4.67. The lowest BCUT2D eigenvalue weighted by Gasteiger charge is -2.13. The molecular weight excluding hydrogens is 406 g/mol. The molecule has 0 saturated heterocycles. The first-order valence-corrected chi connectivity index (χ1v) is 10.1. The van der Waals surface area contributed by atoms with Crippen molar-refractivity contribution in [2.75, 3.05) is 19.5 Å². The molecule has 0 bridgehead atoms. The number of phenols is 1. The maximum absolute atomic E-state index is 12.0. The van der Waals surface area contributed by atoms with Crippen LogP contribution in [0.5, 0.6) is 11.5 Å². The monoisotopic (exact) mass is 431 g/mol. The predicted molar refractivity (Wildman–Crippen MR) is 118 cm³/mol. The minimum absolute atomic E-state index is 0. The third-order valence-electron chi connectivity index (χ3n) is 4.52. The quantitative estimate of drug-likeness (QED) is 0.362. The maximum Gasteiger partial charge on any atom is 0.296 e. The zero-order chi connectivity index (χ0) is 21.3. The SMILES string of the molecule is C.CNc1cc(C)cc2cc(S(=O)(=O)O)c(N=Nc3cc(OC)ccc3C)c(O)c12. The second-order valence-electron chi connectivity index (χ2n) is 6.56. The van der Waals surface area contributed by atoms with E-state index < -0.39 is 20.8 Å². The number of rotatable bonds is 5. The minimum Gasteiger partial charge on any atom is -0.505 e. The molecule has 0 aliphatic heterocycles. The van der Waals surface area contributed by atoms with Gasteiger partial charge in [-0.1, -0.05) is 19.6 Å². The van der Waals surface area contributed by atoms with Crippen molar-refractivity contribution in [1.82, 2.24) is 0 Å². The Balaban J connectivity index is 0.00000320. The number of aryl methyl sites for hydroxylation is 2. The fraction of sp³-hybridized carbons (Fsp3) is 0.238. The summed E-state index contributed by atoms with van der Waals surface area (Å²) in [5.41, 5.74) is 2.30. The van der Waals surface area contributed by atoms with E-state index in [9.17, 15) is 18.1 Å². The largest absolute Gasteiger partial charge is 0.505 e. The van der Waals surface area contributed by atoms with E-state index in [0.717, 1.165) is 11.1 Å². The lowest BCUT2D eigenvalue weighted by molar-refractivity contribution is 0.415. The summed E-state index contributed by atoms with van der Waals surface area (Å²) in [5, 5.41) is 22.7. The highest BCUT2D eigenvalue weighted by Crippen LogP contribution is 2.44. The average Bonchev–Trinajstić information content (AvgIpc) is 2.66. The Morgan fingerprint density at radius 1 is 1.07 bits per heavy atom. The molecule has 0 fully saturated rings. The summed E-state index contributed by atoms with van der Waals surface area (Å²) in [6.45, 7) is 3.64. The van der Waals surface area contributed by atoms with E-state index in [1.54, 1.807) is 38.2 Å². The Morgan fingerprint density at radius 3 is 2.37 bits per heavy atom. The van der Waals surface area contributed by atoms with E-state index in [1.165, 1.54) is 13.2 Å². The van der Waals surface area contributed by atoms with Crippen molar-refractivity contribution in [3.63, 3.8) is 0 Å². The molecule has 0 atom stereocenters. The Kier molecular flexibility index (Phi) is 6.69. The topological polar surface area (TPSA) is 121 Å². The number of ether oxygens (including phenoxy) is 1. The number of azo groups is 1. The van der Waals surface area contributed by atoms with Gasteiger partial charge in [0.1, 0.15) is 16.3 Å². The van der Waals surface area contributed by atoms with Crippen LogP contribution in [-0.2, 0) is 10.1 Å². The molecule has 3 aromatic carbocycles. The molecule has 160 valence electrons. The third-order valence-corrected chi connectivity index (χ3v) is 5.38. The van der Waals surface area contributed by atoms with Crippen molar-refractivity contribution >= 4 is 38.0 Å². The van der Waals surface area contributed by atoms with E-state index >= 15 is 0 Å². The van der Waals surface area contributed by atoms with Gasteiger partial charge in [-0.3, -0.25) is 4.55 Å². The number of fused-ring (bicyclic) bond motifs is 1. The summed E-state index contributed by atoms with van der Waals surface area (Å²) in [6, 6.07) is 9.95. The van der Waals surface area contributed by atoms with Crippen LogP contribution in [0, 0.1) is 13.8 Å². The second kappa shape index (κ2) is 8.68. The number of phenolic OH excluding ortho intramolecular Hbond substituents is 1. The Hall–Kier alpha value is -3.17. The van der Waals surface area contributed by atoms with Gasteiger partial charge in [0, 0.05) is 24.2 Å². The Morgan fingerprint density at radius 2 is 1.77 bits per heavy atom. The molecule has 9 heteroatoms. The summed E-state index contributed by atoms with van der Waals surface area (Å²) in [5.74, 6) is 0.152. The Labute approximate surface area is 176 Å². The van der Waals surface area contributed by atoms with Crippen molar-refractivity contribution in [2.45, 2.75) is 26.2 Å². The van der Waals surface area contributed by atoms with Crippen LogP contribution in [-0.4, -0.2) is 32.2 Å². The number of aromatic hydroxyl groups is 1. The molecule has 0 heterocycles. The van der Waals surface area contributed by atoms with Crippen LogP contribution in [0.25, 0.3) is 10.8 Å². The van der Waals surface area contributed by atoms with Gasteiger partial charge in [0.15, 0.2) is 5.75 Å². The first-order valence-electron chi connectivity index (χ1n) is 8.67. The lowest BCUT2D eigenvalue weighted by atomic mass is 10.0. The number of methoxy groups -OCH3 is 1. The molecule has 0 aliphatic carbocycles. The van der Waals surface area contributed by atoms with Crippen molar-refractivity contribution < 1.29 is 22.8 Å². The third kappa shape index (κ3) is 4.37. The smallest absolute Gasteiger partial charge is 0.296 e. The molecule has 0 amide bonds. The maximum atomic E-state index is 12.0. The van der Waals surface area contributed by atoms with E-state index in [1.807, 2.05) is 13.0 Å². The van der Waals surface area contributed by atoms with Gasteiger partial charge in [0.25, 0.3) is 10.1 Å². The normalized spacial score (nSPS) is 11.5. The van der Waals surface area contributed by atoms with Crippen LogP contribution >= 0.6 is 0 Å². The zero-order valence-electron chi connectivity index (χ0n) is 16.4. The zero-order valence-corrected chi connectivity index (χ0v) is 17.2. The van der Waals surface area contributed by atoms with Crippen LogP contribution in [0.15, 0.2) is 51.5 Å². The molecule has 3 rings (SSSR count). The van der Waals surface area contributed by atoms with Crippen LogP contribution in [0.3, 0.4) is 0 Å². The molecule has 0 aliphatic rings. The molecule has 0 unspecified atom stereocenters. The highest BCUT2D eigenvalue weighted by molar-refractivity contribution is 7.86. The average molecular weight is 432 g/mol. The van der Waals surface area contributed by atoms with E-state index in [4.69, 9.17) is 4.74 Å². The molecular formula is C21H25N3O5S. The highest BCUT2D eigenvalue weighted by Gasteiger charge is 2.23. The van der Waals surface area contributed by atoms with Crippen molar-refractivity contribution in [1.29, 1.82) is 0 Å². The Bertz CT molecular complexity index is 1240. The van der Waals surface area contributed by atoms with Gasteiger partial charge >= 0.3 is 0 Å². The lowest BCUT2D eigenvalue weighted by Crippen LogP contribution is -2.00. The number of benzene rings is 3. The van der Waals surface area contributed by atoms with Crippen molar-refractivity contribution in [3.05, 3.63) is 47.5 Å². The standard InChI is InChI=1S/C20H21N3O5S.CH4/c1-11-7-13-9-17(29(25,26)27)19(20(24)18(13)16(8-11)21-3)23-22-15-10-14(28-4)6-5-12(15)2;/h5-10,21,24H,1-4H3,(H,25,26,27);1H4. The molecule has 0 spiro atoms.